The Morgan fingerprint density at radius 1 is 1.36 bits per heavy atom. The van der Waals surface area contributed by atoms with Crippen molar-refractivity contribution in [3.05, 3.63) is 41.0 Å². The van der Waals surface area contributed by atoms with E-state index in [1.165, 1.54) is 11.1 Å². The molecule has 0 bridgehead atoms. The number of aliphatic carboxylic acids is 1. The van der Waals surface area contributed by atoms with Crippen LogP contribution in [0.2, 0.25) is 0 Å². The van der Waals surface area contributed by atoms with E-state index in [-0.39, 0.29) is 6.42 Å². The van der Waals surface area contributed by atoms with Gasteiger partial charge in [0.2, 0.25) is 0 Å². The zero-order valence-corrected chi connectivity index (χ0v) is 8.45. The highest BCUT2D eigenvalue weighted by atomic mass is 16.4. The van der Waals surface area contributed by atoms with Crippen molar-refractivity contribution in [2.45, 2.75) is 20.3 Å². The molecule has 2 heteroatoms. The lowest BCUT2D eigenvalue weighted by atomic mass is 10.1. The van der Waals surface area contributed by atoms with E-state index >= 15 is 0 Å². The monoisotopic (exact) mass is 190 g/mol. The molecule has 0 spiro atoms. The molecule has 1 rings (SSSR count). The topological polar surface area (TPSA) is 37.3 Å². The summed E-state index contributed by atoms with van der Waals surface area (Å²) < 4.78 is 0. The fraction of sp³-hybridized carbons (Fsp3) is 0.250. The zero-order valence-electron chi connectivity index (χ0n) is 8.45. The lowest BCUT2D eigenvalue weighted by molar-refractivity contribution is -0.135. The van der Waals surface area contributed by atoms with E-state index in [9.17, 15) is 4.79 Å². The summed E-state index contributed by atoms with van der Waals surface area (Å²) in [7, 11) is 0. The summed E-state index contributed by atoms with van der Waals surface area (Å²) in [6.07, 6.45) is 3.57. The summed E-state index contributed by atoms with van der Waals surface area (Å²) >= 11 is 0. The molecule has 0 aromatic heterocycles. The summed E-state index contributed by atoms with van der Waals surface area (Å²) in [6, 6.07) is 6.07. The molecular weight excluding hydrogens is 176 g/mol. The highest BCUT2D eigenvalue weighted by molar-refractivity contribution is 5.70. The van der Waals surface area contributed by atoms with Crippen LogP contribution in [0.25, 0.3) is 6.08 Å². The maximum absolute atomic E-state index is 10.3. The summed E-state index contributed by atoms with van der Waals surface area (Å²) in [5, 5.41) is 8.44. The number of rotatable bonds is 3. The minimum Gasteiger partial charge on any atom is -0.481 e. The molecule has 2 nitrogen and oxygen atoms in total. The Kier molecular flexibility index (Phi) is 3.46. The number of hydrogen-bond acceptors (Lipinski definition) is 1. The molecule has 1 N–H and O–H groups in total. The maximum atomic E-state index is 10.3. The third kappa shape index (κ3) is 3.05. The predicted molar refractivity (Wildman–Crippen MR) is 57.2 cm³/mol. The van der Waals surface area contributed by atoms with E-state index in [0.717, 1.165) is 5.56 Å². The normalized spacial score (nSPS) is 10.7. The number of hydrogen-bond donors (Lipinski definition) is 1. The Bertz CT molecular complexity index is 365. The second-order valence-corrected chi connectivity index (χ2v) is 3.34. The van der Waals surface area contributed by atoms with Crippen LogP contribution in [0.15, 0.2) is 24.3 Å². The molecule has 14 heavy (non-hydrogen) atoms. The Hall–Kier alpha value is -1.57. The molecule has 74 valence electrons. The first-order valence-corrected chi connectivity index (χ1v) is 4.55. The standard InChI is InChI=1S/C12H14O2/c1-9-6-7-11(8-10(9)2)4-3-5-12(13)14/h3-4,6-8H,5H2,1-2H3,(H,13,14). The van der Waals surface area contributed by atoms with Crippen LogP contribution >= 0.6 is 0 Å². The van der Waals surface area contributed by atoms with Gasteiger partial charge in [0.05, 0.1) is 6.42 Å². The fourth-order valence-corrected chi connectivity index (χ4v) is 1.16. The number of aryl methyl sites for hydroxylation is 2. The molecule has 0 atom stereocenters. The van der Waals surface area contributed by atoms with Crippen LogP contribution in [0.4, 0.5) is 0 Å². The number of benzene rings is 1. The van der Waals surface area contributed by atoms with E-state index in [0.29, 0.717) is 0 Å². The van der Waals surface area contributed by atoms with Gasteiger partial charge in [-0.25, -0.2) is 0 Å². The molecule has 0 saturated carbocycles. The molecule has 0 fully saturated rings. The average molecular weight is 190 g/mol. The summed E-state index contributed by atoms with van der Waals surface area (Å²) in [6.45, 7) is 4.10. The molecule has 1 aromatic rings. The maximum Gasteiger partial charge on any atom is 0.307 e. The van der Waals surface area contributed by atoms with Gasteiger partial charge in [0, 0.05) is 0 Å². The van der Waals surface area contributed by atoms with Crippen molar-refractivity contribution in [1.29, 1.82) is 0 Å². The minimum absolute atomic E-state index is 0.0763. The fourth-order valence-electron chi connectivity index (χ4n) is 1.16. The summed E-state index contributed by atoms with van der Waals surface area (Å²) in [5.74, 6) is -0.801. The molecule has 0 aliphatic rings. The Morgan fingerprint density at radius 2 is 2.07 bits per heavy atom. The summed E-state index contributed by atoms with van der Waals surface area (Å²) in [4.78, 5) is 10.3. The van der Waals surface area contributed by atoms with Crippen molar-refractivity contribution in [2.75, 3.05) is 0 Å². The van der Waals surface area contributed by atoms with Crippen LogP contribution in [0.3, 0.4) is 0 Å². The van der Waals surface area contributed by atoms with Crippen molar-refractivity contribution in [1.82, 2.24) is 0 Å². The van der Waals surface area contributed by atoms with Crippen molar-refractivity contribution in [3.8, 4) is 0 Å². The van der Waals surface area contributed by atoms with Gasteiger partial charge in [0.1, 0.15) is 0 Å². The van der Waals surface area contributed by atoms with Crippen LogP contribution in [0.1, 0.15) is 23.1 Å². The lowest BCUT2D eigenvalue weighted by Crippen LogP contribution is -1.89. The minimum atomic E-state index is -0.801. The highest BCUT2D eigenvalue weighted by Gasteiger charge is 1.93. The molecule has 0 aliphatic carbocycles. The molecule has 0 aliphatic heterocycles. The van der Waals surface area contributed by atoms with Crippen LogP contribution in [0.5, 0.6) is 0 Å². The van der Waals surface area contributed by atoms with Gasteiger partial charge in [0.25, 0.3) is 0 Å². The van der Waals surface area contributed by atoms with Gasteiger partial charge >= 0.3 is 5.97 Å². The van der Waals surface area contributed by atoms with Gasteiger partial charge < -0.3 is 5.11 Å². The second-order valence-electron chi connectivity index (χ2n) is 3.34. The van der Waals surface area contributed by atoms with Gasteiger partial charge in [-0.3, -0.25) is 4.79 Å². The third-order valence-corrected chi connectivity index (χ3v) is 2.13. The van der Waals surface area contributed by atoms with Crippen LogP contribution in [-0.4, -0.2) is 11.1 Å². The van der Waals surface area contributed by atoms with Crippen molar-refractivity contribution in [2.24, 2.45) is 0 Å². The van der Waals surface area contributed by atoms with E-state index in [2.05, 4.69) is 6.92 Å². The Labute approximate surface area is 83.9 Å². The number of carboxylic acid groups (broad SMARTS) is 1. The first kappa shape index (κ1) is 10.5. The van der Waals surface area contributed by atoms with E-state index in [1.807, 2.05) is 31.2 Å². The smallest absolute Gasteiger partial charge is 0.307 e. The Balaban J connectivity index is 2.73. The van der Waals surface area contributed by atoms with Crippen molar-refractivity contribution >= 4 is 12.0 Å². The third-order valence-electron chi connectivity index (χ3n) is 2.13. The highest BCUT2D eigenvalue weighted by Crippen LogP contribution is 2.11. The van der Waals surface area contributed by atoms with Gasteiger partial charge in [-0.15, -0.1) is 0 Å². The Morgan fingerprint density at radius 3 is 2.64 bits per heavy atom. The molecule has 0 radical (unpaired) electrons. The van der Waals surface area contributed by atoms with Gasteiger partial charge in [0.15, 0.2) is 0 Å². The van der Waals surface area contributed by atoms with Gasteiger partial charge in [-0.05, 0) is 30.5 Å². The molecule has 0 amide bonds. The number of carbonyl (C=O) groups is 1. The molecular formula is C12H14O2. The van der Waals surface area contributed by atoms with Crippen LogP contribution in [0, 0.1) is 13.8 Å². The molecule has 1 aromatic carbocycles. The molecule has 0 saturated heterocycles. The summed E-state index contributed by atoms with van der Waals surface area (Å²) in [5.41, 5.74) is 3.53. The van der Waals surface area contributed by atoms with Crippen LogP contribution in [-0.2, 0) is 4.79 Å². The zero-order chi connectivity index (χ0) is 10.6. The molecule has 0 unspecified atom stereocenters. The number of carboxylic acids is 1. The van der Waals surface area contributed by atoms with E-state index in [1.54, 1.807) is 6.08 Å². The van der Waals surface area contributed by atoms with E-state index in [4.69, 9.17) is 5.11 Å². The second kappa shape index (κ2) is 4.61. The quantitative estimate of drug-likeness (QED) is 0.795. The van der Waals surface area contributed by atoms with Crippen molar-refractivity contribution in [3.63, 3.8) is 0 Å². The van der Waals surface area contributed by atoms with E-state index < -0.39 is 5.97 Å². The largest absolute Gasteiger partial charge is 0.481 e. The van der Waals surface area contributed by atoms with Crippen molar-refractivity contribution < 1.29 is 9.90 Å². The SMILES string of the molecule is Cc1ccc(C=CCC(=O)O)cc1C. The lowest BCUT2D eigenvalue weighted by Gasteiger charge is -2.00. The predicted octanol–water partition coefficient (Wildman–Crippen LogP) is 2.79. The molecule has 0 heterocycles. The van der Waals surface area contributed by atoms with Gasteiger partial charge in [-0.1, -0.05) is 30.4 Å². The average Bonchev–Trinajstić information content (AvgIpc) is 2.10. The van der Waals surface area contributed by atoms with Gasteiger partial charge in [-0.2, -0.15) is 0 Å². The first-order valence-electron chi connectivity index (χ1n) is 4.55. The van der Waals surface area contributed by atoms with Crippen LogP contribution < -0.4 is 0 Å². The first-order chi connectivity index (χ1) is 6.59.